The molecule has 1 heterocycles. The first-order valence-corrected chi connectivity index (χ1v) is 8.78. The second kappa shape index (κ2) is 9.08. The Hall–Kier alpha value is -2.54. The molecular weight excluding hydrogens is 340 g/mol. The number of aldehydes is 1. The number of rotatable bonds is 8. The molecule has 0 aliphatic rings. The molecule has 0 aliphatic carbocycles. The van der Waals surface area contributed by atoms with Crippen LogP contribution in [0.3, 0.4) is 0 Å². The monoisotopic (exact) mass is 360 g/mol. The number of hydrogen-bond acceptors (Lipinski definition) is 6. The maximum Gasteiger partial charge on any atom is 0.367 e. The van der Waals surface area contributed by atoms with E-state index in [9.17, 15) is 14.4 Å². The molecule has 0 saturated carbocycles. The Morgan fingerprint density at radius 3 is 2.64 bits per heavy atom. The van der Waals surface area contributed by atoms with Gasteiger partial charge in [-0.3, -0.25) is 4.79 Å². The number of ether oxygens (including phenoxy) is 1. The number of aromatic nitrogens is 1. The van der Waals surface area contributed by atoms with Crippen LogP contribution in [0.2, 0.25) is 0 Å². The number of carbonyl (C=O) groups is 3. The van der Waals surface area contributed by atoms with Crippen molar-refractivity contribution in [2.75, 3.05) is 0 Å². The van der Waals surface area contributed by atoms with Gasteiger partial charge in [0.1, 0.15) is 11.2 Å². The van der Waals surface area contributed by atoms with Gasteiger partial charge < -0.3 is 14.8 Å². The first-order valence-electron chi connectivity index (χ1n) is 7.96. The predicted molar refractivity (Wildman–Crippen MR) is 94.7 cm³/mol. The van der Waals surface area contributed by atoms with Crippen LogP contribution in [0.15, 0.2) is 36.5 Å². The second-order valence-corrected chi connectivity index (χ2v) is 6.75. The summed E-state index contributed by atoms with van der Waals surface area (Å²) in [5.41, 5.74) is 1.10. The normalized spacial score (nSPS) is 11.8. The number of nitrogens with zero attached hydrogens (tertiary/aromatic N) is 1. The Bertz CT molecular complexity index is 728. The molecule has 0 aliphatic heterocycles. The van der Waals surface area contributed by atoms with E-state index in [0.29, 0.717) is 12.8 Å². The summed E-state index contributed by atoms with van der Waals surface area (Å²) in [6.07, 6.45) is 2.96. The van der Waals surface area contributed by atoms with Crippen molar-refractivity contribution in [2.24, 2.45) is 0 Å². The van der Waals surface area contributed by atoms with E-state index in [1.165, 1.54) is 6.20 Å². The van der Waals surface area contributed by atoms with Crippen LogP contribution in [0.4, 0.5) is 0 Å². The third-order valence-corrected chi connectivity index (χ3v) is 4.29. The van der Waals surface area contributed by atoms with Gasteiger partial charge in [0, 0.05) is 0 Å². The molecule has 1 atom stereocenters. The standard InChI is InChI=1S/C18H20N2O4S/c1-12(2)24-18(23)17-19-10-15(25-17)16(22)20-14(11-21)9-8-13-6-4-3-5-7-13/h3-7,10-12,14H,8-9H2,1-2H3,(H,20,22)/t14-/m0/s1. The topological polar surface area (TPSA) is 85.4 Å². The van der Waals surface area contributed by atoms with Crippen molar-refractivity contribution >= 4 is 29.5 Å². The Morgan fingerprint density at radius 1 is 1.28 bits per heavy atom. The number of benzene rings is 1. The molecule has 0 radical (unpaired) electrons. The fourth-order valence-corrected chi connectivity index (χ4v) is 2.82. The molecule has 0 spiro atoms. The molecule has 132 valence electrons. The number of nitrogens with one attached hydrogen (secondary N) is 1. The molecule has 2 aromatic rings. The van der Waals surface area contributed by atoms with Crippen LogP contribution < -0.4 is 5.32 Å². The molecule has 6 nitrogen and oxygen atoms in total. The van der Waals surface area contributed by atoms with E-state index in [1.54, 1.807) is 13.8 Å². The minimum atomic E-state index is -0.596. The molecule has 0 unspecified atom stereocenters. The van der Waals surface area contributed by atoms with E-state index in [1.807, 2.05) is 30.3 Å². The van der Waals surface area contributed by atoms with Crippen LogP contribution in [0.25, 0.3) is 0 Å². The van der Waals surface area contributed by atoms with Gasteiger partial charge in [0.15, 0.2) is 0 Å². The largest absolute Gasteiger partial charge is 0.458 e. The number of amides is 1. The molecular formula is C18H20N2O4S. The predicted octanol–water partition coefficient (Wildman–Crippen LogP) is 2.64. The van der Waals surface area contributed by atoms with Crippen molar-refractivity contribution in [3.05, 3.63) is 52.0 Å². The van der Waals surface area contributed by atoms with E-state index < -0.39 is 17.9 Å². The molecule has 0 bridgehead atoms. The zero-order valence-electron chi connectivity index (χ0n) is 14.1. The zero-order valence-corrected chi connectivity index (χ0v) is 14.9. The van der Waals surface area contributed by atoms with E-state index in [2.05, 4.69) is 10.3 Å². The Labute approximate surface area is 150 Å². The maximum atomic E-state index is 12.2. The SMILES string of the molecule is CC(C)OC(=O)c1ncc(C(=O)N[C@H](C=O)CCc2ccccc2)s1. The van der Waals surface area contributed by atoms with Gasteiger partial charge in [0.05, 0.1) is 18.3 Å². The molecule has 25 heavy (non-hydrogen) atoms. The summed E-state index contributed by atoms with van der Waals surface area (Å²) < 4.78 is 5.04. The van der Waals surface area contributed by atoms with Crippen LogP contribution in [0.5, 0.6) is 0 Å². The minimum absolute atomic E-state index is 0.116. The third kappa shape index (κ3) is 5.79. The summed E-state index contributed by atoms with van der Waals surface area (Å²) in [6, 6.07) is 9.13. The lowest BCUT2D eigenvalue weighted by atomic mass is 10.1. The maximum absolute atomic E-state index is 12.2. The van der Waals surface area contributed by atoms with Crippen molar-refractivity contribution in [1.82, 2.24) is 10.3 Å². The molecule has 0 fully saturated rings. The highest BCUT2D eigenvalue weighted by atomic mass is 32.1. The highest BCUT2D eigenvalue weighted by Crippen LogP contribution is 2.15. The summed E-state index contributed by atoms with van der Waals surface area (Å²) >= 11 is 0.944. The van der Waals surface area contributed by atoms with Crippen LogP contribution >= 0.6 is 11.3 Å². The van der Waals surface area contributed by atoms with Gasteiger partial charge in [0.2, 0.25) is 5.01 Å². The van der Waals surface area contributed by atoms with Gasteiger partial charge in [0.25, 0.3) is 5.91 Å². The number of carbonyl (C=O) groups excluding carboxylic acids is 3. The van der Waals surface area contributed by atoms with Crippen molar-refractivity contribution in [2.45, 2.75) is 38.8 Å². The van der Waals surface area contributed by atoms with Gasteiger partial charge in [-0.1, -0.05) is 30.3 Å². The minimum Gasteiger partial charge on any atom is -0.458 e. The van der Waals surface area contributed by atoms with E-state index in [4.69, 9.17) is 4.74 Å². The van der Waals surface area contributed by atoms with E-state index in [0.717, 1.165) is 23.2 Å². The fraction of sp³-hybridized carbons (Fsp3) is 0.333. The highest BCUT2D eigenvalue weighted by molar-refractivity contribution is 7.15. The number of thiazole rings is 1. The first-order chi connectivity index (χ1) is 12.0. The number of hydrogen-bond donors (Lipinski definition) is 1. The average Bonchev–Trinajstić information content (AvgIpc) is 3.09. The number of esters is 1. The van der Waals surface area contributed by atoms with Crippen LogP contribution in [-0.2, 0) is 16.0 Å². The fourth-order valence-electron chi connectivity index (χ4n) is 2.12. The first kappa shape index (κ1) is 18.8. The van der Waals surface area contributed by atoms with Crippen LogP contribution in [0, 0.1) is 0 Å². The third-order valence-electron chi connectivity index (χ3n) is 3.31. The van der Waals surface area contributed by atoms with E-state index in [-0.39, 0.29) is 16.0 Å². The Morgan fingerprint density at radius 2 is 2.00 bits per heavy atom. The number of aryl methyl sites for hydroxylation is 1. The lowest BCUT2D eigenvalue weighted by Gasteiger charge is -2.11. The Balaban J connectivity index is 1.92. The van der Waals surface area contributed by atoms with Crippen molar-refractivity contribution < 1.29 is 19.1 Å². The van der Waals surface area contributed by atoms with Gasteiger partial charge in [-0.05, 0) is 32.3 Å². The highest BCUT2D eigenvalue weighted by Gasteiger charge is 2.19. The van der Waals surface area contributed by atoms with Gasteiger partial charge >= 0.3 is 5.97 Å². The second-order valence-electron chi connectivity index (χ2n) is 5.72. The molecule has 7 heteroatoms. The molecule has 1 N–H and O–H groups in total. The lowest BCUT2D eigenvalue weighted by Crippen LogP contribution is -2.36. The zero-order chi connectivity index (χ0) is 18.2. The van der Waals surface area contributed by atoms with Gasteiger partial charge in [-0.15, -0.1) is 11.3 Å². The van der Waals surface area contributed by atoms with Crippen LogP contribution in [-0.4, -0.2) is 35.3 Å². The van der Waals surface area contributed by atoms with Crippen LogP contribution in [0.1, 0.15) is 45.3 Å². The quantitative estimate of drug-likeness (QED) is 0.578. The Kier molecular flexibility index (Phi) is 6.82. The molecule has 2 rings (SSSR count). The van der Waals surface area contributed by atoms with Crippen molar-refractivity contribution in [3.63, 3.8) is 0 Å². The average molecular weight is 360 g/mol. The molecule has 1 aromatic heterocycles. The summed E-state index contributed by atoms with van der Waals surface area (Å²) in [7, 11) is 0. The smallest absolute Gasteiger partial charge is 0.367 e. The van der Waals surface area contributed by atoms with Gasteiger partial charge in [-0.2, -0.15) is 0 Å². The molecule has 1 aromatic carbocycles. The summed E-state index contributed by atoms with van der Waals surface area (Å²) in [5.74, 6) is -0.985. The van der Waals surface area contributed by atoms with Crippen molar-refractivity contribution in [1.29, 1.82) is 0 Å². The van der Waals surface area contributed by atoms with E-state index >= 15 is 0 Å². The van der Waals surface area contributed by atoms with Crippen molar-refractivity contribution in [3.8, 4) is 0 Å². The molecule has 1 amide bonds. The summed E-state index contributed by atoms with van der Waals surface area (Å²) in [6.45, 7) is 3.47. The summed E-state index contributed by atoms with van der Waals surface area (Å²) in [4.78, 5) is 39.4. The lowest BCUT2D eigenvalue weighted by molar-refractivity contribution is -0.109. The summed E-state index contributed by atoms with van der Waals surface area (Å²) in [5, 5.41) is 2.77. The molecule has 0 saturated heterocycles. The van der Waals surface area contributed by atoms with Gasteiger partial charge in [-0.25, -0.2) is 9.78 Å².